The van der Waals surface area contributed by atoms with Crippen LogP contribution in [0.25, 0.3) is 0 Å². The van der Waals surface area contributed by atoms with Gasteiger partial charge in [0, 0.05) is 12.5 Å². The molecule has 1 amide bonds. The number of halogens is 2. The summed E-state index contributed by atoms with van der Waals surface area (Å²) in [5.74, 6) is -5.43. The summed E-state index contributed by atoms with van der Waals surface area (Å²) >= 11 is 0. The van der Waals surface area contributed by atoms with Crippen LogP contribution in [0.4, 0.5) is 8.78 Å². The molecule has 1 atom stereocenters. The molecule has 0 radical (unpaired) electrons. The second-order valence-electron chi connectivity index (χ2n) is 3.87. The first kappa shape index (κ1) is 15.1. The van der Waals surface area contributed by atoms with Crippen molar-refractivity contribution in [1.82, 2.24) is 5.32 Å². The van der Waals surface area contributed by atoms with Crippen LogP contribution in [0.1, 0.15) is 19.4 Å². The van der Waals surface area contributed by atoms with Crippen molar-refractivity contribution in [2.45, 2.75) is 25.8 Å². The van der Waals surface area contributed by atoms with Gasteiger partial charge in [0.25, 0.3) is 0 Å². The van der Waals surface area contributed by atoms with Crippen molar-refractivity contribution < 1.29 is 23.1 Å². The minimum Gasteiger partial charge on any atom is -0.464 e. The molecule has 1 rings (SSSR count). The van der Waals surface area contributed by atoms with Gasteiger partial charge in [-0.15, -0.1) is 0 Å². The van der Waals surface area contributed by atoms with Crippen molar-refractivity contribution in [2.75, 3.05) is 6.61 Å². The quantitative estimate of drug-likeness (QED) is 0.831. The van der Waals surface area contributed by atoms with Gasteiger partial charge in [0.05, 0.1) is 6.61 Å². The van der Waals surface area contributed by atoms with E-state index in [1.807, 2.05) is 5.32 Å². The van der Waals surface area contributed by atoms with E-state index in [4.69, 9.17) is 0 Å². The van der Waals surface area contributed by atoms with Gasteiger partial charge in [0.1, 0.15) is 0 Å². The molecular formula is C13H15F2NO3. The molecule has 0 spiro atoms. The maximum absolute atomic E-state index is 14.2. The lowest BCUT2D eigenvalue weighted by molar-refractivity contribution is -0.160. The first-order valence-electron chi connectivity index (χ1n) is 5.76. The molecule has 19 heavy (non-hydrogen) atoms. The molecule has 0 unspecified atom stereocenters. The minimum absolute atomic E-state index is 0.0419. The Morgan fingerprint density at radius 2 is 1.89 bits per heavy atom. The van der Waals surface area contributed by atoms with Gasteiger partial charge >= 0.3 is 11.9 Å². The molecular weight excluding hydrogens is 256 g/mol. The summed E-state index contributed by atoms with van der Waals surface area (Å²) in [4.78, 5) is 22.6. The summed E-state index contributed by atoms with van der Waals surface area (Å²) in [6.07, 6.45) is 0. The Labute approximate surface area is 109 Å². The standard InChI is InChI=1S/C13H15F2NO3/c1-3-19-12(18)11(16-9(2)17)13(14,15)10-7-5-4-6-8-10/h4-8,11H,3H2,1-2H3,(H,16,17)/t11-/m0/s1. The van der Waals surface area contributed by atoms with Gasteiger partial charge in [-0.25, -0.2) is 4.79 Å². The highest BCUT2D eigenvalue weighted by Crippen LogP contribution is 2.32. The molecule has 0 saturated heterocycles. The number of alkyl halides is 2. The van der Waals surface area contributed by atoms with Crippen LogP contribution in [0.3, 0.4) is 0 Å². The fourth-order valence-corrected chi connectivity index (χ4v) is 1.55. The molecule has 0 fully saturated rings. The predicted octanol–water partition coefficient (Wildman–Crippen LogP) is 1.85. The number of hydrogen-bond donors (Lipinski definition) is 1. The monoisotopic (exact) mass is 271 g/mol. The third kappa shape index (κ3) is 3.74. The maximum atomic E-state index is 14.2. The minimum atomic E-state index is -3.54. The van der Waals surface area contributed by atoms with Crippen molar-refractivity contribution in [3.05, 3.63) is 35.9 Å². The van der Waals surface area contributed by atoms with E-state index in [9.17, 15) is 18.4 Å². The molecule has 4 nitrogen and oxygen atoms in total. The molecule has 104 valence electrons. The Kier molecular flexibility index (Phi) is 4.97. The fraction of sp³-hybridized carbons (Fsp3) is 0.385. The summed E-state index contributed by atoms with van der Waals surface area (Å²) < 4.78 is 33.1. The van der Waals surface area contributed by atoms with E-state index in [0.717, 1.165) is 6.92 Å². The summed E-state index contributed by atoms with van der Waals surface area (Å²) in [7, 11) is 0. The number of ether oxygens (including phenoxy) is 1. The third-order valence-electron chi connectivity index (χ3n) is 2.39. The predicted molar refractivity (Wildman–Crippen MR) is 64.6 cm³/mol. The zero-order valence-electron chi connectivity index (χ0n) is 10.7. The van der Waals surface area contributed by atoms with Crippen LogP contribution in [0.2, 0.25) is 0 Å². The van der Waals surface area contributed by atoms with Gasteiger partial charge in [0.15, 0.2) is 6.04 Å². The van der Waals surface area contributed by atoms with E-state index in [0.29, 0.717) is 0 Å². The lowest BCUT2D eigenvalue weighted by atomic mass is 10.0. The fourth-order valence-electron chi connectivity index (χ4n) is 1.55. The number of carbonyl (C=O) groups is 2. The van der Waals surface area contributed by atoms with Crippen molar-refractivity contribution in [1.29, 1.82) is 0 Å². The molecule has 0 bridgehead atoms. The number of esters is 1. The SMILES string of the molecule is CCOC(=O)[C@H](NC(C)=O)C(F)(F)c1ccccc1. The van der Waals surface area contributed by atoms with E-state index in [1.165, 1.54) is 31.2 Å². The number of nitrogens with one attached hydrogen (secondary N) is 1. The van der Waals surface area contributed by atoms with Crippen molar-refractivity contribution in [3.8, 4) is 0 Å². The Morgan fingerprint density at radius 3 is 2.37 bits per heavy atom. The van der Waals surface area contributed by atoms with Crippen molar-refractivity contribution >= 4 is 11.9 Å². The molecule has 0 aliphatic heterocycles. The highest BCUT2D eigenvalue weighted by Gasteiger charge is 2.47. The largest absolute Gasteiger partial charge is 0.464 e. The first-order valence-corrected chi connectivity index (χ1v) is 5.76. The van der Waals surface area contributed by atoms with E-state index in [-0.39, 0.29) is 12.2 Å². The number of benzene rings is 1. The molecule has 1 N–H and O–H groups in total. The number of hydrogen-bond acceptors (Lipinski definition) is 3. The molecule has 0 aliphatic rings. The Balaban J connectivity index is 3.08. The smallest absolute Gasteiger partial charge is 0.335 e. The zero-order chi connectivity index (χ0) is 14.5. The second kappa shape index (κ2) is 6.26. The van der Waals surface area contributed by atoms with E-state index in [2.05, 4.69) is 4.74 Å². The van der Waals surface area contributed by atoms with Crippen LogP contribution in [0, 0.1) is 0 Å². The van der Waals surface area contributed by atoms with Crippen LogP contribution in [0.15, 0.2) is 30.3 Å². The second-order valence-corrected chi connectivity index (χ2v) is 3.87. The Morgan fingerprint density at radius 1 is 1.32 bits per heavy atom. The molecule has 0 heterocycles. The molecule has 6 heteroatoms. The molecule has 1 aromatic carbocycles. The van der Waals surface area contributed by atoms with Gasteiger partial charge in [-0.3, -0.25) is 4.79 Å². The van der Waals surface area contributed by atoms with Crippen LogP contribution in [-0.4, -0.2) is 24.5 Å². The lowest BCUT2D eigenvalue weighted by Crippen LogP contribution is -2.51. The normalized spacial score (nSPS) is 12.6. The highest BCUT2D eigenvalue weighted by atomic mass is 19.3. The van der Waals surface area contributed by atoms with Crippen LogP contribution in [-0.2, 0) is 20.2 Å². The Bertz CT molecular complexity index is 448. The van der Waals surface area contributed by atoms with Gasteiger partial charge < -0.3 is 10.1 Å². The maximum Gasteiger partial charge on any atom is 0.335 e. The summed E-state index contributed by atoms with van der Waals surface area (Å²) in [5.41, 5.74) is -0.359. The van der Waals surface area contributed by atoms with Crippen molar-refractivity contribution in [3.63, 3.8) is 0 Å². The lowest BCUT2D eigenvalue weighted by Gasteiger charge is -2.25. The van der Waals surface area contributed by atoms with Crippen molar-refractivity contribution in [2.24, 2.45) is 0 Å². The average molecular weight is 271 g/mol. The molecule has 0 saturated carbocycles. The van der Waals surface area contributed by atoms with Crippen LogP contribution < -0.4 is 5.32 Å². The molecule has 0 aliphatic carbocycles. The summed E-state index contributed by atoms with van der Waals surface area (Å²) in [5, 5.41) is 1.94. The van der Waals surface area contributed by atoms with Gasteiger partial charge in [-0.05, 0) is 6.92 Å². The summed E-state index contributed by atoms with van der Waals surface area (Å²) in [6.45, 7) is 2.52. The zero-order valence-corrected chi connectivity index (χ0v) is 10.7. The average Bonchev–Trinajstić information content (AvgIpc) is 2.37. The third-order valence-corrected chi connectivity index (χ3v) is 2.39. The first-order chi connectivity index (χ1) is 8.89. The van der Waals surface area contributed by atoms with E-state index < -0.39 is 23.8 Å². The number of amides is 1. The highest BCUT2D eigenvalue weighted by molar-refractivity contribution is 5.84. The van der Waals surface area contributed by atoms with Gasteiger partial charge in [-0.2, -0.15) is 8.78 Å². The Hall–Kier alpha value is -1.98. The number of carbonyl (C=O) groups excluding carboxylic acids is 2. The summed E-state index contributed by atoms with van der Waals surface area (Å²) in [6, 6.07) is 4.78. The van der Waals surface area contributed by atoms with E-state index >= 15 is 0 Å². The molecule has 0 aromatic heterocycles. The number of rotatable bonds is 5. The van der Waals surface area contributed by atoms with Crippen LogP contribution in [0.5, 0.6) is 0 Å². The van der Waals surface area contributed by atoms with Gasteiger partial charge in [-0.1, -0.05) is 30.3 Å². The van der Waals surface area contributed by atoms with Crippen LogP contribution >= 0.6 is 0 Å². The van der Waals surface area contributed by atoms with Gasteiger partial charge in [0.2, 0.25) is 5.91 Å². The van der Waals surface area contributed by atoms with E-state index in [1.54, 1.807) is 6.07 Å². The topological polar surface area (TPSA) is 55.4 Å². The molecule has 1 aromatic rings.